The summed E-state index contributed by atoms with van der Waals surface area (Å²) in [6, 6.07) is 0. The number of piperidine rings is 1. The molecule has 0 bridgehead atoms. The van der Waals surface area contributed by atoms with Gasteiger partial charge in [0.25, 0.3) is 0 Å². The van der Waals surface area contributed by atoms with E-state index in [9.17, 15) is 4.79 Å². The first-order valence-corrected chi connectivity index (χ1v) is 5.08. The molecule has 0 radical (unpaired) electrons. The fraction of sp³-hybridized carbons (Fsp3) is 0.800. The van der Waals surface area contributed by atoms with Crippen molar-refractivity contribution in [1.29, 1.82) is 5.41 Å². The smallest absolute Gasteiger partial charge is 0.179 e. The average Bonchev–Trinajstić information content (AvgIpc) is 2.18. The van der Waals surface area contributed by atoms with Crippen LogP contribution in [0, 0.1) is 11.3 Å². The topological polar surface area (TPSA) is 53.0 Å². The second-order valence-corrected chi connectivity index (χ2v) is 3.62. The van der Waals surface area contributed by atoms with Gasteiger partial charge in [-0.3, -0.25) is 4.79 Å². The number of ketones is 1. The predicted molar refractivity (Wildman–Crippen MR) is 53.2 cm³/mol. The average molecular weight is 182 g/mol. The molecule has 0 atom stereocenters. The number of rotatable bonds is 4. The maximum Gasteiger partial charge on any atom is 0.179 e. The van der Waals surface area contributed by atoms with E-state index < -0.39 is 0 Å². The molecule has 0 spiro atoms. The van der Waals surface area contributed by atoms with Crippen molar-refractivity contribution in [3.8, 4) is 0 Å². The van der Waals surface area contributed by atoms with E-state index in [-0.39, 0.29) is 11.7 Å². The van der Waals surface area contributed by atoms with Crippen LogP contribution in [0.2, 0.25) is 0 Å². The van der Waals surface area contributed by atoms with Gasteiger partial charge in [0.15, 0.2) is 5.78 Å². The van der Waals surface area contributed by atoms with Crippen molar-refractivity contribution >= 4 is 11.5 Å². The Bertz CT molecular complexity index is 195. The van der Waals surface area contributed by atoms with Crippen LogP contribution in [0.25, 0.3) is 0 Å². The van der Waals surface area contributed by atoms with Gasteiger partial charge >= 0.3 is 0 Å². The molecule has 74 valence electrons. The minimum absolute atomic E-state index is 0.0864. The van der Waals surface area contributed by atoms with E-state index in [0.29, 0.717) is 12.1 Å². The van der Waals surface area contributed by atoms with Crippen molar-refractivity contribution in [2.24, 2.45) is 5.92 Å². The summed E-state index contributed by atoms with van der Waals surface area (Å²) in [6.45, 7) is 3.86. The maximum atomic E-state index is 11.6. The molecular formula is C10H18N2O. The monoisotopic (exact) mass is 182 g/mol. The van der Waals surface area contributed by atoms with Crippen LogP contribution in [0.15, 0.2) is 0 Å². The second-order valence-electron chi connectivity index (χ2n) is 3.62. The van der Waals surface area contributed by atoms with Crippen LogP contribution in [0.4, 0.5) is 0 Å². The standard InChI is InChI=1S/C10H18N2O/c1-2-3-9(11)10(13)8-4-6-12-7-5-8/h8,11-12H,2-7H2,1H3. The Labute approximate surface area is 79.4 Å². The molecule has 1 fully saturated rings. The molecule has 0 aromatic heterocycles. The Morgan fingerprint density at radius 2 is 2.08 bits per heavy atom. The highest BCUT2D eigenvalue weighted by Crippen LogP contribution is 2.14. The van der Waals surface area contributed by atoms with Gasteiger partial charge < -0.3 is 10.7 Å². The van der Waals surface area contributed by atoms with Crippen molar-refractivity contribution in [2.45, 2.75) is 32.6 Å². The highest BCUT2D eigenvalue weighted by molar-refractivity contribution is 6.39. The molecule has 1 aliphatic heterocycles. The molecule has 1 heterocycles. The van der Waals surface area contributed by atoms with E-state index in [2.05, 4.69) is 5.32 Å². The molecule has 13 heavy (non-hydrogen) atoms. The van der Waals surface area contributed by atoms with Gasteiger partial charge in [0.2, 0.25) is 0 Å². The van der Waals surface area contributed by atoms with Crippen molar-refractivity contribution in [1.82, 2.24) is 5.32 Å². The lowest BCUT2D eigenvalue weighted by Crippen LogP contribution is -2.34. The van der Waals surface area contributed by atoms with Crippen molar-refractivity contribution in [2.75, 3.05) is 13.1 Å². The van der Waals surface area contributed by atoms with E-state index in [1.807, 2.05) is 6.92 Å². The van der Waals surface area contributed by atoms with Gasteiger partial charge in [-0.2, -0.15) is 0 Å². The molecular weight excluding hydrogens is 164 g/mol. The fourth-order valence-corrected chi connectivity index (χ4v) is 1.70. The first-order valence-electron chi connectivity index (χ1n) is 5.08. The van der Waals surface area contributed by atoms with E-state index in [0.717, 1.165) is 32.4 Å². The lowest BCUT2D eigenvalue weighted by Gasteiger charge is -2.21. The SMILES string of the molecule is CCCC(=N)C(=O)C1CCNCC1. The van der Waals surface area contributed by atoms with E-state index >= 15 is 0 Å². The Morgan fingerprint density at radius 1 is 1.46 bits per heavy atom. The fourth-order valence-electron chi connectivity index (χ4n) is 1.70. The van der Waals surface area contributed by atoms with Crippen LogP contribution < -0.4 is 5.32 Å². The normalized spacial score (nSPS) is 18.5. The van der Waals surface area contributed by atoms with Gasteiger partial charge in [0.1, 0.15) is 0 Å². The Kier molecular flexibility index (Phi) is 4.09. The highest BCUT2D eigenvalue weighted by Gasteiger charge is 2.23. The summed E-state index contributed by atoms with van der Waals surface area (Å²) in [7, 11) is 0. The summed E-state index contributed by atoms with van der Waals surface area (Å²) in [6.07, 6.45) is 3.36. The minimum Gasteiger partial charge on any atom is -0.317 e. The Morgan fingerprint density at radius 3 is 2.62 bits per heavy atom. The summed E-state index contributed by atoms with van der Waals surface area (Å²) in [4.78, 5) is 11.6. The number of Topliss-reactive ketones (excluding diaryl/α,β-unsaturated/α-hetero) is 1. The third-order valence-electron chi connectivity index (χ3n) is 2.51. The number of hydrogen-bond acceptors (Lipinski definition) is 3. The number of hydrogen-bond donors (Lipinski definition) is 2. The lowest BCUT2D eigenvalue weighted by atomic mass is 9.90. The second kappa shape index (κ2) is 5.12. The number of carbonyl (C=O) groups is 1. The summed E-state index contributed by atoms with van der Waals surface area (Å²) < 4.78 is 0. The van der Waals surface area contributed by atoms with Crippen LogP contribution in [0.5, 0.6) is 0 Å². The van der Waals surface area contributed by atoms with E-state index in [4.69, 9.17) is 5.41 Å². The molecule has 3 heteroatoms. The maximum absolute atomic E-state index is 11.6. The van der Waals surface area contributed by atoms with E-state index in [1.54, 1.807) is 0 Å². The Hall–Kier alpha value is -0.700. The van der Waals surface area contributed by atoms with Crippen LogP contribution in [0.1, 0.15) is 32.6 Å². The molecule has 1 rings (SSSR count). The van der Waals surface area contributed by atoms with Crippen LogP contribution >= 0.6 is 0 Å². The lowest BCUT2D eigenvalue weighted by molar-refractivity contribution is -0.117. The van der Waals surface area contributed by atoms with Gasteiger partial charge in [-0.1, -0.05) is 13.3 Å². The largest absolute Gasteiger partial charge is 0.317 e. The zero-order valence-corrected chi connectivity index (χ0v) is 8.23. The number of nitrogens with one attached hydrogen (secondary N) is 2. The summed E-state index contributed by atoms with van der Waals surface area (Å²) in [5, 5.41) is 10.8. The highest BCUT2D eigenvalue weighted by atomic mass is 16.1. The minimum atomic E-state index is 0.0864. The van der Waals surface area contributed by atoms with Crippen molar-refractivity contribution < 1.29 is 4.79 Å². The molecule has 3 nitrogen and oxygen atoms in total. The quantitative estimate of drug-likeness (QED) is 0.645. The third-order valence-corrected chi connectivity index (χ3v) is 2.51. The van der Waals surface area contributed by atoms with Gasteiger partial charge in [-0.05, 0) is 32.4 Å². The van der Waals surface area contributed by atoms with Crippen LogP contribution in [-0.2, 0) is 4.79 Å². The molecule has 0 aromatic rings. The van der Waals surface area contributed by atoms with Gasteiger partial charge in [-0.15, -0.1) is 0 Å². The van der Waals surface area contributed by atoms with Crippen LogP contribution in [-0.4, -0.2) is 24.6 Å². The Balaban J connectivity index is 2.40. The summed E-state index contributed by atoms with van der Waals surface area (Å²) in [5.74, 6) is 0.212. The first kappa shape index (κ1) is 10.4. The molecule has 0 aliphatic carbocycles. The molecule has 0 saturated carbocycles. The van der Waals surface area contributed by atoms with Gasteiger partial charge in [0, 0.05) is 5.92 Å². The molecule has 0 unspecified atom stereocenters. The van der Waals surface area contributed by atoms with E-state index in [1.165, 1.54) is 0 Å². The van der Waals surface area contributed by atoms with Crippen molar-refractivity contribution in [3.05, 3.63) is 0 Å². The zero-order chi connectivity index (χ0) is 9.68. The predicted octanol–water partition coefficient (Wildman–Crippen LogP) is 1.37. The summed E-state index contributed by atoms with van der Waals surface area (Å²) >= 11 is 0. The van der Waals surface area contributed by atoms with Gasteiger partial charge in [0.05, 0.1) is 5.71 Å². The number of carbonyl (C=O) groups excluding carboxylic acids is 1. The molecule has 0 amide bonds. The molecule has 1 saturated heterocycles. The molecule has 0 aromatic carbocycles. The third kappa shape index (κ3) is 2.92. The molecule has 1 aliphatic rings. The van der Waals surface area contributed by atoms with Crippen molar-refractivity contribution in [3.63, 3.8) is 0 Å². The summed E-state index contributed by atoms with van der Waals surface area (Å²) in [5.41, 5.74) is 0.328. The molecule has 2 N–H and O–H groups in total. The van der Waals surface area contributed by atoms with Crippen LogP contribution in [0.3, 0.4) is 0 Å². The zero-order valence-electron chi connectivity index (χ0n) is 8.23. The van der Waals surface area contributed by atoms with Gasteiger partial charge in [-0.25, -0.2) is 0 Å². The first-order chi connectivity index (χ1) is 6.25.